The maximum absolute atomic E-state index is 6.01. The molecule has 5 heteroatoms. The summed E-state index contributed by atoms with van der Waals surface area (Å²) >= 11 is 0. The van der Waals surface area contributed by atoms with Crippen LogP contribution in [0.2, 0.25) is 0 Å². The van der Waals surface area contributed by atoms with Crippen molar-refractivity contribution in [1.29, 1.82) is 0 Å². The zero-order valence-electron chi connectivity index (χ0n) is 13.8. The molecule has 0 aliphatic carbocycles. The standard InChI is InChI=1S/C16H30O5/c1-5-7-9-17-11-12-13(18-10-8-6-2)14-15(19-12)21-16(3,4)20-14/h12-15H,5-11H2,1-4H3/t12-,13+,14-,15-/m1/s1. The van der Waals surface area contributed by atoms with Crippen molar-refractivity contribution in [3.8, 4) is 0 Å². The lowest BCUT2D eigenvalue weighted by atomic mass is 10.1. The van der Waals surface area contributed by atoms with Crippen molar-refractivity contribution in [3.63, 3.8) is 0 Å². The SMILES string of the molecule is CCCCOC[C@H]1O[C@@H]2OC(C)(C)O[C@@H]2[C@H]1OCCCC. The van der Waals surface area contributed by atoms with Crippen LogP contribution in [0.3, 0.4) is 0 Å². The summed E-state index contributed by atoms with van der Waals surface area (Å²) in [6.45, 7) is 10.1. The zero-order valence-corrected chi connectivity index (χ0v) is 13.8. The molecule has 0 saturated carbocycles. The Morgan fingerprint density at radius 3 is 2.43 bits per heavy atom. The molecule has 0 unspecified atom stereocenters. The minimum absolute atomic E-state index is 0.107. The van der Waals surface area contributed by atoms with Gasteiger partial charge in [-0.1, -0.05) is 26.7 Å². The number of fused-ring (bicyclic) bond motifs is 1. The van der Waals surface area contributed by atoms with Gasteiger partial charge in [0.2, 0.25) is 0 Å². The quantitative estimate of drug-likeness (QED) is 0.613. The Labute approximate surface area is 128 Å². The van der Waals surface area contributed by atoms with Gasteiger partial charge in [0.05, 0.1) is 6.61 Å². The molecule has 0 amide bonds. The summed E-state index contributed by atoms with van der Waals surface area (Å²) < 4.78 is 29.4. The van der Waals surface area contributed by atoms with Crippen molar-refractivity contribution >= 4 is 0 Å². The molecule has 4 atom stereocenters. The van der Waals surface area contributed by atoms with E-state index in [0.29, 0.717) is 6.61 Å². The highest BCUT2D eigenvalue weighted by molar-refractivity contribution is 4.94. The van der Waals surface area contributed by atoms with E-state index in [4.69, 9.17) is 23.7 Å². The van der Waals surface area contributed by atoms with Gasteiger partial charge in [-0.3, -0.25) is 0 Å². The number of rotatable bonds is 9. The van der Waals surface area contributed by atoms with Gasteiger partial charge in [-0.2, -0.15) is 0 Å². The molecule has 0 aromatic heterocycles. The van der Waals surface area contributed by atoms with Crippen LogP contribution < -0.4 is 0 Å². The van der Waals surface area contributed by atoms with Gasteiger partial charge in [0.15, 0.2) is 12.1 Å². The third-order valence-electron chi connectivity index (χ3n) is 3.82. The van der Waals surface area contributed by atoms with Crippen LogP contribution in [0.15, 0.2) is 0 Å². The first-order valence-corrected chi connectivity index (χ1v) is 8.28. The van der Waals surface area contributed by atoms with Gasteiger partial charge in [-0.25, -0.2) is 0 Å². The summed E-state index contributed by atoms with van der Waals surface area (Å²) in [4.78, 5) is 0. The summed E-state index contributed by atoms with van der Waals surface area (Å²) in [5.41, 5.74) is 0. The number of hydrogen-bond donors (Lipinski definition) is 0. The lowest BCUT2D eigenvalue weighted by Crippen LogP contribution is -2.39. The molecule has 0 spiro atoms. The number of ether oxygens (including phenoxy) is 5. The minimum atomic E-state index is -0.601. The maximum atomic E-state index is 6.01. The van der Waals surface area contributed by atoms with Gasteiger partial charge in [0.1, 0.15) is 18.3 Å². The van der Waals surface area contributed by atoms with Crippen LogP contribution >= 0.6 is 0 Å². The maximum Gasteiger partial charge on any atom is 0.190 e. The van der Waals surface area contributed by atoms with Crippen molar-refractivity contribution < 1.29 is 23.7 Å². The molecular weight excluding hydrogens is 272 g/mol. The fourth-order valence-electron chi connectivity index (χ4n) is 2.69. The molecule has 2 heterocycles. The first-order valence-electron chi connectivity index (χ1n) is 8.28. The lowest BCUT2D eigenvalue weighted by Gasteiger charge is -2.25. The zero-order chi connectivity index (χ0) is 15.3. The second kappa shape index (κ2) is 7.88. The fourth-order valence-corrected chi connectivity index (χ4v) is 2.69. The Balaban J connectivity index is 1.87. The molecule has 0 N–H and O–H groups in total. The van der Waals surface area contributed by atoms with Crippen molar-refractivity contribution in [3.05, 3.63) is 0 Å². The molecule has 2 rings (SSSR count). The smallest absolute Gasteiger partial charge is 0.190 e. The minimum Gasteiger partial charge on any atom is -0.379 e. The number of hydrogen-bond acceptors (Lipinski definition) is 5. The Morgan fingerprint density at radius 1 is 1.00 bits per heavy atom. The van der Waals surface area contributed by atoms with Crippen LogP contribution in [0, 0.1) is 0 Å². The van der Waals surface area contributed by atoms with Gasteiger partial charge in [0.25, 0.3) is 0 Å². The van der Waals surface area contributed by atoms with E-state index in [1.807, 2.05) is 13.8 Å². The monoisotopic (exact) mass is 302 g/mol. The molecule has 0 bridgehead atoms. The summed E-state index contributed by atoms with van der Waals surface area (Å²) in [6, 6.07) is 0. The van der Waals surface area contributed by atoms with E-state index in [0.717, 1.165) is 38.9 Å². The predicted molar refractivity (Wildman–Crippen MR) is 79.1 cm³/mol. The summed E-state index contributed by atoms with van der Waals surface area (Å²) in [5, 5.41) is 0. The first-order chi connectivity index (χ1) is 10.1. The van der Waals surface area contributed by atoms with Crippen LogP contribution in [0.4, 0.5) is 0 Å². The molecule has 21 heavy (non-hydrogen) atoms. The van der Waals surface area contributed by atoms with Crippen LogP contribution in [0.25, 0.3) is 0 Å². The molecule has 2 saturated heterocycles. The highest BCUT2D eigenvalue weighted by Crippen LogP contribution is 2.38. The average Bonchev–Trinajstić information content (AvgIpc) is 2.88. The molecule has 2 aliphatic heterocycles. The molecule has 0 aromatic carbocycles. The lowest BCUT2D eigenvalue weighted by molar-refractivity contribution is -0.223. The third-order valence-corrected chi connectivity index (χ3v) is 3.82. The Hall–Kier alpha value is -0.200. The second-order valence-corrected chi connectivity index (χ2v) is 6.26. The van der Waals surface area contributed by atoms with Gasteiger partial charge < -0.3 is 23.7 Å². The van der Waals surface area contributed by atoms with Gasteiger partial charge in [-0.15, -0.1) is 0 Å². The third kappa shape index (κ3) is 4.63. The van der Waals surface area contributed by atoms with Crippen LogP contribution in [-0.4, -0.2) is 50.2 Å². The summed E-state index contributed by atoms with van der Waals surface area (Å²) in [7, 11) is 0. The molecule has 0 aromatic rings. The Morgan fingerprint density at radius 2 is 1.71 bits per heavy atom. The van der Waals surface area contributed by atoms with Crippen molar-refractivity contribution in [2.75, 3.05) is 19.8 Å². The normalized spacial score (nSPS) is 34.3. The highest BCUT2D eigenvalue weighted by atomic mass is 16.8. The molecular formula is C16H30O5. The highest BCUT2D eigenvalue weighted by Gasteiger charge is 2.55. The fraction of sp³-hybridized carbons (Fsp3) is 1.00. The van der Waals surface area contributed by atoms with Crippen molar-refractivity contribution in [2.24, 2.45) is 0 Å². The van der Waals surface area contributed by atoms with E-state index in [9.17, 15) is 0 Å². The van der Waals surface area contributed by atoms with Crippen molar-refractivity contribution in [1.82, 2.24) is 0 Å². The van der Waals surface area contributed by atoms with Gasteiger partial charge in [0, 0.05) is 13.2 Å². The first kappa shape index (κ1) is 17.2. The Kier molecular flexibility index (Phi) is 6.44. The van der Waals surface area contributed by atoms with E-state index < -0.39 is 5.79 Å². The molecule has 5 nitrogen and oxygen atoms in total. The molecule has 124 valence electrons. The van der Waals surface area contributed by atoms with Gasteiger partial charge in [-0.05, 0) is 26.7 Å². The summed E-state index contributed by atoms with van der Waals surface area (Å²) in [5.74, 6) is -0.601. The topological polar surface area (TPSA) is 46.2 Å². The molecule has 2 aliphatic rings. The van der Waals surface area contributed by atoms with E-state index in [2.05, 4.69) is 13.8 Å². The van der Waals surface area contributed by atoms with E-state index >= 15 is 0 Å². The van der Waals surface area contributed by atoms with E-state index in [-0.39, 0.29) is 24.6 Å². The molecule has 0 radical (unpaired) electrons. The summed E-state index contributed by atoms with van der Waals surface area (Å²) in [6.07, 6.45) is 3.65. The number of unbranched alkanes of at least 4 members (excludes halogenated alkanes) is 2. The van der Waals surface area contributed by atoms with Crippen molar-refractivity contribution in [2.45, 2.75) is 83.8 Å². The molecule has 2 fully saturated rings. The van der Waals surface area contributed by atoms with E-state index in [1.54, 1.807) is 0 Å². The predicted octanol–water partition coefficient (Wildman–Crippen LogP) is 2.86. The second-order valence-electron chi connectivity index (χ2n) is 6.26. The van der Waals surface area contributed by atoms with Gasteiger partial charge >= 0.3 is 0 Å². The van der Waals surface area contributed by atoms with Crippen LogP contribution in [-0.2, 0) is 23.7 Å². The Bertz CT molecular complexity index is 307. The van der Waals surface area contributed by atoms with Crippen LogP contribution in [0.5, 0.6) is 0 Å². The largest absolute Gasteiger partial charge is 0.379 e. The average molecular weight is 302 g/mol. The van der Waals surface area contributed by atoms with Crippen LogP contribution in [0.1, 0.15) is 53.4 Å². The van der Waals surface area contributed by atoms with E-state index in [1.165, 1.54) is 0 Å².